The van der Waals surface area contributed by atoms with E-state index in [1.54, 1.807) is 0 Å². The quantitative estimate of drug-likeness (QED) is 0.220. The van der Waals surface area contributed by atoms with Gasteiger partial charge < -0.3 is 5.11 Å². The van der Waals surface area contributed by atoms with Crippen molar-refractivity contribution in [2.24, 2.45) is 0 Å². The van der Waals surface area contributed by atoms with E-state index in [2.05, 4.69) is 25.2 Å². The molecule has 0 atom stereocenters. The van der Waals surface area contributed by atoms with Crippen LogP contribution in [0.25, 0.3) is 0 Å². The number of carboxylic acid groups (broad SMARTS) is 1. The molecule has 172 valence electrons. The zero-order valence-corrected chi connectivity index (χ0v) is 19.8. The standard InChI is InChI=1S/C27H47NO2/c1-3-5-7-9-11-13-15-17-20-24-21-19-23-26(28-27(29)30)25(24)22-18-16-14-12-10-8-6-4-2/h19,21,23,28H,3-18,20,22H2,1-2H3,(H,29,30). The van der Waals surface area contributed by atoms with Crippen molar-refractivity contribution in [3.63, 3.8) is 0 Å². The van der Waals surface area contributed by atoms with E-state index in [0.717, 1.165) is 24.9 Å². The molecule has 1 rings (SSSR count). The SMILES string of the molecule is CCCCCCCCCCc1cccc(NC(=O)O)c1CCCCCCCCCC. The van der Waals surface area contributed by atoms with Crippen LogP contribution in [-0.4, -0.2) is 11.2 Å². The number of carbonyl (C=O) groups is 1. The van der Waals surface area contributed by atoms with Gasteiger partial charge in [-0.1, -0.05) is 116 Å². The van der Waals surface area contributed by atoms with Gasteiger partial charge in [0.15, 0.2) is 0 Å². The van der Waals surface area contributed by atoms with Gasteiger partial charge >= 0.3 is 6.09 Å². The maximum atomic E-state index is 11.2. The summed E-state index contributed by atoms with van der Waals surface area (Å²) in [7, 11) is 0. The summed E-state index contributed by atoms with van der Waals surface area (Å²) in [5, 5.41) is 11.9. The van der Waals surface area contributed by atoms with E-state index >= 15 is 0 Å². The average Bonchev–Trinajstić information content (AvgIpc) is 2.73. The summed E-state index contributed by atoms with van der Waals surface area (Å²) < 4.78 is 0. The summed E-state index contributed by atoms with van der Waals surface area (Å²) >= 11 is 0. The molecule has 0 aliphatic rings. The molecular formula is C27H47NO2. The van der Waals surface area contributed by atoms with Crippen LogP contribution in [-0.2, 0) is 12.8 Å². The molecule has 2 N–H and O–H groups in total. The predicted molar refractivity (Wildman–Crippen MR) is 131 cm³/mol. The fourth-order valence-corrected chi connectivity index (χ4v) is 4.28. The first kappa shape index (κ1) is 26.5. The van der Waals surface area contributed by atoms with Gasteiger partial charge in [-0.3, -0.25) is 5.32 Å². The minimum Gasteiger partial charge on any atom is -0.465 e. The molecule has 1 aromatic rings. The van der Waals surface area contributed by atoms with Crippen LogP contribution in [0.4, 0.5) is 10.5 Å². The van der Waals surface area contributed by atoms with Gasteiger partial charge in [-0.05, 0) is 42.9 Å². The molecule has 0 radical (unpaired) electrons. The highest BCUT2D eigenvalue weighted by atomic mass is 16.4. The number of anilines is 1. The number of benzene rings is 1. The van der Waals surface area contributed by atoms with Gasteiger partial charge in [0.05, 0.1) is 0 Å². The Balaban J connectivity index is 2.44. The molecule has 1 aromatic carbocycles. The second-order valence-corrected chi connectivity index (χ2v) is 8.82. The Morgan fingerprint density at radius 2 is 1.17 bits per heavy atom. The summed E-state index contributed by atoms with van der Waals surface area (Å²) in [5.74, 6) is 0. The number of amides is 1. The number of hydrogen-bond donors (Lipinski definition) is 2. The largest absolute Gasteiger partial charge is 0.465 e. The van der Waals surface area contributed by atoms with Crippen molar-refractivity contribution >= 4 is 11.8 Å². The van der Waals surface area contributed by atoms with Crippen molar-refractivity contribution in [3.8, 4) is 0 Å². The zero-order valence-electron chi connectivity index (χ0n) is 19.8. The van der Waals surface area contributed by atoms with Crippen LogP contribution in [0, 0.1) is 0 Å². The fraction of sp³-hybridized carbons (Fsp3) is 0.741. The van der Waals surface area contributed by atoms with E-state index in [1.807, 2.05) is 12.1 Å². The number of rotatable bonds is 19. The van der Waals surface area contributed by atoms with Crippen molar-refractivity contribution in [2.45, 2.75) is 129 Å². The van der Waals surface area contributed by atoms with Crippen LogP contribution < -0.4 is 5.32 Å². The van der Waals surface area contributed by atoms with Crippen molar-refractivity contribution in [2.75, 3.05) is 5.32 Å². The topological polar surface area (TPSA) is 49.3 Å². The van der Waals surface area contributed by atoms with Crippen LogP contribution >= 0.6 is 0 Å². The van der Waals surface area contributed by atoms with E-state index in [1.165, 1.54) is 107 Å². The van der Waals surface area contributed by atoms with E-state index in [0.29, 0.717) is 0 Å². The first-order chi connectivity index (χ1) is 14.7. The fourth-order valence-electron chi connectivity index (χ4n) is 4.28. The van der Waals surface area contributed by atoms with Crippen molar-refractivity contribution in [1.29, 1.82) is 0 Å². The number of aryl methyl sites for hydroxylation is 1. The molecule has 0 fully saturated rings. The number of hydrogen-bond acceptors (Lipinski definition) is 1. The lowest BCUT2D eigenvalue weighted by Crippen LogP contribution is -2.11. The maximum Gasteiger partial charge on any atom is 0.409 e. The lowest BCUT2D eigenvalue weighted by Gasteiger charge is -2.15. The third kappa shape index (κ3) is 12.9. The van der Waals surface area contributed by atoms with Crippen LogP contribution in [0.1, 0.15) is 128 Å². The summed E-state index contributed by atoms with van der Waals surface area (Å²) in [6.07, 6.45) is 22.1. The predicted octanol–water partition coefficient (Wildman–Crippen LogP) is 9.14. The summed E-state index contributed by atoms with van der Waals surface area (Å²) in [6.45, 7) is 4.52. The lowest BCUT2D eigenvalue weighted by atomic mass is 9.94. The van der Waals surface area contributed by atoms with E-state index in [-0.39, 0.29) is 0 Å². The molecule has 0 heterocycles. The Bertz CT molecular complexity index is 556. The Kier molecular flexibility index (Phi) is 16.2. The van der Waals surface area contributed by atoms with Crippen LogP contribution in [0.5, 0.6) is 0 Å². The molecule has 30 heavy (non-hydrogen) atoms. The van der Waals surface area contributed by atoms with Gasteiger partial charge in [-0.2, -0.15) is 0 Å². The Morgan fingerprint density at radius 3 is 1.67 bits per heavy atom. The third-order valence-corrected chi connectivity index (χ3v) is 6.09. The van der Waals surface area contributed by atoms with Crippen LogP contribution in [0.15, 0.2) is 18.2 Å². The molecule has 3 heteroatoms. The van der Waals surface area contributed by atoms with E-state index in [4.69, 9.17) is 0 Å². The van der Waals surface area contributed by atoms with Gasteiger partial charge in [0.25, 0.3) is 0 Å². The molecule has 0 unspecified atom stereocenters. The zero-order chi connectivity index (χ0) is 21.9. The van der Waals surface area contributed by atoms with Crippen LogP contribution in [0.2, 0.25) is 0 Å². The second kappa shape index (κ2) is 18.3. The van der Waals surface area contributed by atoms with E-state index in [9.17, 15) is 9.90 Å². The Morgan fingerprint density at radius 1 is 0.700 bits per heavy atom. The normalized spacial score (nSPS) is 11.0. The molecular weight excluding hydrogens is 370 g/mol. The van der Waals surface area contributed by atoms with E-state index < -0.39 is 6.09 Å². The molecule has 0 aliphatic carbocycles. The van der Waals surface area contributed by atoms with Gasteiger partial charge in [0, 0.05) is 5.69 Å². The molecule has 3 nitrogen and oxygen atoms in total. The maximum absolute atomic E-state index is 11.2. The molecule has 1 amide bonds. The van der Waals surface area contributed by atoms with Gasteiger partial charge in [-0.15, -0.1) is 0 Å². The molecule has 0 bridgehead atoms. The number of unbranched alkanes of at least 4 members (excludes halogenated alkanes) is 14. The molecule has 0 spiro atoms. The minimum absolute atomic E-state index is 0.794. The summed E-state index contributed by atoms with van der Waals surface area (Å²) in [5.41, 5.74) is 3.37. The summed E-state index contributed by atoms with van der Waals surface area (Å²) in [4.78, 5) is 11.2. The van der Waals surface area contributed by atoms with Gasteiger partial charge in [-0.25, -0.2) is 4.79 Å². The van der Waals surface area contributed by atoms with Gasteiger partial charge in [0.1, 0.15) is 0 Å². The second-order valence-electron chi connectivity index (χ2n) is 8.82. The average molecular weight is 418 g/mol. The lowest BCUT2D eigenvalue weighted by molar-refractivity contribution is 0.209. The molecule has 0 saturated heterocycles. The Hall–Kier alpha value is -1.51. The Labute approximate surface area is 186 Å². The van der Waals surface area contributed by atoms with Crippen molar-refractivity contribution in [1.82, 2.24) is 0 Å². The van der Waals surface area contributed by atoms with Crippen LogP contribution in [0.3, 0.4) is 0 Å². The molecule has 0 saturated carbocycles. The highest BCUT2D eigenvalue weighted by Crippen LogP contribution is 2.25. The molecule has 0 aliphatic heterocycles. The summed E-state index contributed by atoms with van der Waals surface area (Å²) in [6, 6.07) is 6.13. The van der Waals surface area contributed by atoms with Gasteiger partial charge in [0.2, 0.25) is 0 Å². The van der Waals surface area contributed by atoms with Crippen molar-refractivity contribution < 1.29 is 9.90 Å². The number of nitrogens with one attached hydrogen (secondary N) is 1. The first-order valence-electron chi connectivity index (χ1n) is 12.8. The highest BCUT2D eigenvalue weighted by Gasteiger charge is 2.10. The monoisotopic (exact) mass is 417 g/mol. The van der Waals surface area contributed by atoms with Crippen molar-refractivity contribution in [3.05, 3.63) is 29.3 Å². The highest BCUT2D eigenvalue weighted by molar-refractivity contribution is 5.84. The minimum atomic E-state index is -0.962. The first-order valence-corrected chi connectivity index (χ1v) is 12.8. The smallest absolute Gasteiger partial charge is 0.409 e. The molecule has 0 aromatic heterocycles. The third-order valence-electron chi connectivity index (χ3n) is 6.09.